The number of anilines is 1. The topological polar surface area (TPSA) is 141 Å². The quantitative estimate of drug-likeness (QED) is 0.386. The number of imide groups is 1. The predicted molar refractivity (Wildman–Crippen MR) is 126 cm³/mol. The number of sulfonamides is 1. The highest BCUT2D eigenvalue weighted by Crippen LogP contribution is 2.24. The third-order valence-electron chi connectivity index (χ3n) is 5.25. The molecule has 0 atom stereocenters. The molecule has 12 heteroatoms. The molecule has 0 aliphatic carbocycles. The fraction of sp³-hybridized carbons (Fsp3) is 0.273. The maximum Gasteiger partial charge on any atom is 0.279 e. The van der Waals surface area contributed by atoms with Crippen molar-refractivity contribution in [2.45, 2.75) is 31.2 Å². The van der Waals surface area contributed by atoms with E-state index in [4.69, 9.17) is 9.88 Å². The summed E-state index contributed by atoms with van der Waals surface area (Å²) >= 11 is 1.15. The van der Waals surface area contributed by atoms with Gasteiger partial charge in [0.25, 0.3) is 5.91 Å². The first-order chi connectivity index (χ1) is 16.2. The highest BCUT2D eigenvalue weighted by atomic mass is 32.2. The molecule has 0 radical (unpaired) electrons. The molecule has 1 aliphatic heterocycles. The number of nitrogens with zero attached hydrogens (tertiary/aromatic N) is 3. The van der Waals surface area contributed by atoms with Crippen LogP contribution in [0, 0.1) is 0 Å². The summed E-state index contributed by atoms with van der Waals surface area (Å²) in [5.41, 5.74) is 1.22. The Hall–Kier alpha value is -3.19. The van der Waals surface area contributed by atoms with E-state index in [1.54, 1.807) is 28.8 Å². The van der Waals surface area contributed by atoms with Crippen molar-refractivity contribution < 1.29 is 27.5 Å². The molecule has 2 heterocycles. The highest BCUT2D eigenvalue weighted by Gasteiger charge is 2.30. The summed E-state index contributed by atoms with van der Waals surface area (Å²) in [5, 5.41) is 5.25. The van der Waals surface area contributed by atoms with Crippen molar-refractivity contribution >= 4 is 55.0 Å². The van der Waals surface area contributed by atoms with E-state index in [9.17, 15) is 22.8 Å². The zero-order valence-electron chi connectivity index (χ0n) is 18.3. The summed E-state index contributed by atoms with van der Waals surface area (Å²) in [7, 11) is -3.89. The van der Waals surface area contributed by atoms with Crippen LogP contribution in [0.2, 0.25) is 0 Å². The van der Waals surface area contributed by atoms with Crippen LogP contribution in [0.5, 0.6) is 0 Å². The molecule has 10 nitrogen and oxygen atoms in total. The lowest BCUT2D eigenvalue weighted by Crippen LogP contribution is -2.28. The number of fused-ring (bicyclic) bond motifs is 1. The number of rotatable bonds is 7. The molecular weight excluding hydrogens is 480 g/mol. The number of carbonyl (C=O) groups excluding carboxylic acids is 3. The minimum Gasteiger partial charge on any atom is -0.380 e. The van der Waals surface area contributed by atoms with Crippen LogP contribution < -0.4 is 14.8 Å². The second-order valence-corrected chi connectivity index (χ2v) is 10.1. The Morgan fingerprint density at radius 3 is 2.56 bits per heavy atom. The van der Waals surface area contributed by atoms with Gasteiger partial charge in [-0.1, -0.05) is 17.4 Å². The van der Waals surface area contributed by atoms with Crippen molar-refractivity contribution in [3.8, 4) is 0 Å². The average Bonchev–Trinajstić information content (AvgIpc) is 3.31. The van der Waals surface area contributed by atoms with E-state index in [0.29, 0.717) is 40.5 Å². The van der Waals surface area contributed by atoms with Crippen molar-refractivity contribution in [3.63, 3.8) is 0 Å². The molecule has 0 saturated carbocycles. The van der Waals surface area contributed by atoms with Crippen LogP contribution in [-0.4, -0.2) is 43.9 Å². The van der Waals surface area contributed by atoms with Gasteiger partial charge >= 0.3 is 0 Å². The lowest BCUT2D eigenvalue weighted by Gasteiger charge is -2.14. The Morgan fingerprint density at radius 2 is 1.88 bits per heavy atom. The molecule has 3 aromatic rings. The van der Waals surface area contributed by atoms with E-state index < -0.39 is 15.9 Å². The van der Waals surface area contributed by atoms with Crippen molar-refractivity contribution in [1.29, 1.82) is 0 Å². The van der Waals surface area contributed by atoms with Crippen molar-refractivity contribution in [1.82, 2.24) is 4.57 Å². The van der Waals surface area contributed by atoms with Crippen LogP contribution in [0.15, 0.2) is 52.4 Å². The first kappa shape index (κ1) is 24.0. The molecule has 178 valence electrons. The van der Waals surface area contributed by atoms with Gasteiger partial charge in [0.2, 0.25) is 21.8 Å². The van der Waals surface area contributed by atoms with E-state index in [2.05, 4.69) is 4.99 Å². The summed E-state index contributed by atoms with van der Waals surface area (Å²) in [6.07, 6.45) is 0.285. The number of thiazole rings is 1. The lowest BCUT2D eigenvalue weighted by molar-refractivity contribution is -0.121. The van der Waals surface area contributed by atoms with E-state index in [0.717, 1.165) is 16.2 Å². The van der Waals surface area contributed by atoms with Gasteiger partial charge in [-0.25, -0.2) is 13.6 Å². The largest absolute Gasteiger partial charge is 0.380 e. The van der Waals surface area contributed by atoms with E-state index in [-0.39, 0.29) is 35.1 Å². The number of benzene rings is 2. The van der Waals surface area contributed by atoms with Crippen LogP contribution in [0.4, 0.5) is 5.69 Å². The molecule has 1 aromatic heterocycles. The first-order valence-corrected chi connectivity index (χ1v) is 12.8. The summed E-state index contributed by atoms with van der Waals surface area (Å²) in [6, 6.07) is 10.7. The molecule has 34 heavy (non-hydrogen) atoms. The van der Waals surface area contributed by atoms with Crippen LogP contribution in [0.25, 0.3) is 10.2 Å². The van der Waals surface area contributed by atoms with Gasteiger partial charge in [0.05, 0.1) is 27.4 Å². The number of hydrogen-bond acceptors (Lipinski definition) is 7. The summed E-state index contributed by atoms with van der Waals surface area (Å²) in [4.78, 5) is 42.8. The summed E-state index contributed by atoms with van der Waals surface area (Å²) < 4.78 is 31.3. The van der Waals surface area contributed by atoms with E-state index in [1.165, 1.54) is 18.2 Å². The third kappa shape index (κ3) is 4.85. The molecule has 1 aliphatic rings. The smallest absolute Gasteiger partial charge is 0.279 e. The Labute approximate surface area is 199 Å². The van der Waals surface area contributed by atoms with Gasteiger partial charge in [0.15, 0.2) is 4.80 Å². The van der Waals surface area contributed by atoms with Gasteiger partial charge in [0, 0.05) is 31.6 Å². The predicted octanol–water partition coefficient (Wildman–Crippen LogP) is 1.78. The zero-order valence-corrected chi connectivity index (χ0v) is 19.9. The molecule has 3 amide bonds. The Kier molecular flexibility index (Phi) is 6.75. The third-order valence-corrected chi connectivity index (χ3v) is 7.20. The molecule has 1 fully saturated rings. The molecule has 0 unspecified atom stereocenters. The lowest BCUT2D eigenvalue weighted by atomic mass is 10.2. The molecule has 0 bridgehead atoms. The van der Waals surface area contributed by atoms with Crippen molar-refractivity contribution in [2.75, 3.05) is 18.1 Å². The van der Waals surface area contributed by atoms with Crippen LogP contribution in [0.3, 0.4) is 0 Å². The first-order valence-electron chi connectivity index (χ1n) is 10.5. The van der Waals surface area contributed by atoms with E-state index in [1.807, 2.05) is 6.92 Å². The molecule has 2 N–H and O–H groups in total. The second kappa shape index (κ2) is 9.58. The van der Waals surface area contributed by atoms with Crippen molar-refractivity contribution in [3.05, 3.63) is 52.8 Å². The van der Waals surface area contributed by atoms with Gasteiger partial charge in [-0.05, 0) is 43.3 Å². The zero-order chi connectivity index (χ0) is 24.5. The van der Waals surface area contributed by atoms with Gasteiger partial charge in [-0.2, -0.15) is 4.99 Å². The SMILES string of the molecule is CCOCCn1c(=NC(=O)c2cccc(N3C(=O)CCC3=O)c2)sc2cc(S(N)(=O)=O)ccc21. The monoisotopic (exact) mass is 502 g/mol. The highest BCUT2D eigenvalue weighted by molar-refractivity contribution is 7.89. The van der Waals surface area contributed by atoms with Gasteiger partial charge in [-0.3, -0.25) is 19.3 Å². The standard InChI is InChI=1S/C22H22N4O6S2/c1-2-32-11-10-25-17-7-6-16(34(23,30)31)13-18(17)33-22(25)24-21(29)14-4-3-5-15(12-14)26-19(27)8-9-20(26)28/h3-7,12-13H,2,8-11H2,1H3,(H2,23,30,31). The number of primary sulfonamides is 1. The number of aromatic nitrogens is 1. The Bertz CT molecular complexity index is 1460. The Morgan fingerprint density at radius 1 is 1.15 bits per heavy atom. The summed E-state index contributed by atoms with van der Waals surface area (Å²) in [5.74, 6) is -1.18. The van der Waals surface area contributed by atoms with Crippen LogP contribution in [0.1, 0.15) is 30.1 Å². The average molecular weight is 503 g/mol. The molecule has 1 saturated heterocycles. The van der Waals surface area contributed by atoms with Crippen LogP contribution in [-0.2, 0) is 30.9 Å². The fourth-order valence-corrected chi connectivity index (χ4v) is 5.33. The normalized spacial score (nSPS) is 15.0. The van der Waals surface area contributed by atoms with Gasteiger partial charge in [-0.15, -0.1) is 0 Å². The maximum absolute atomic E-state index is 13.0. The number of hydrogen-bond donors (Lipinski definition) is 1. The number of ether oxygens (including phenoxy) is 1. The molecule has 2 aromatic carbocycles. The minimum absolute atomic E-state index is 0.0382. The second-order valence-electron chi connectivity index (χ2n) is 7.50. The number of amides is 3. The number of carbonyl (C=O) groups is 3. The minimum atomic E-state index is -3.89. The van der Waals surface area contributed by atoms with Gasteiger partial charge < -0.3 is 9.30 Å². The molecule has 0 spiro atoms. The molecular formula is C22H22N4O6S2. The van der Waals surface area contributed by atoms with E-state index >= 15 is 0 Å². The number of nitrogens with two attached hydrogens (primary N) is 1. The Balaban J connectivity index is 1.76. The van der Waals surface area contributed by atoms with Crippen LogP contribution >= 0.6 is 11.3 Å². The summed E-state index contributed by atoms with van der Waals surface area (Å²) in [6.45, 7) is 3.15. The fourth-order valence-electron chi connectivity index (χ4n) is 3.63. The van der Waals surface area contributed by atoms with Crippen molar-refractivity contribution in [2.24, 2.45) is 10.1 Å². The molecule has 4 rings (SSSR count). The maximum atomic E-state index is 13.0. The van der Waals surface area contributed by atoms with Gasteiger partial charge in [0.1, 0.15) is 0 Å².